The van der Waals surface area contributed by atoms with Gasteiger partial charge in [-0.1, -0.05) is 0 Å². The van der Waals surface area contributed by atoms with Crippen molar-refractivity contribution in [2.45, 2.75) is 18.6 Å². The number of nitrogens with one attached hydrogen (secondary N) is 1. The Hall–Kier alpha value is -1.83. The van der Waals surface area contributed by atoms with E-state index < -0.39 is 20.6 Å². The molecule has 0 bridgehead atoms. The van der Waals surface area contributed by atoms with Crippen molar-refractivity contribution in [3.8, 4) is 0 Å². The summed E-state index contributed by atoms with van der Waals surface area (Å²) in [5.41, 5.74) is 5.79. The van der Waals surface area contributed by atoms with Crippen LogP contribution in [-0.4, -0.2) is 42.0 Å². The second-order valence-corrected chi connectivity index (χ2v) is 7.50. The number of aromatic carboxylic acids is 1. The minimum absolute atomic E-state index is 0.0228. The van der Waals surface area contributed by atoms with E-state index in [1.165, 1.54) is 6.07 Å². The molecule has 0 spiro atoms. The zero-order valence-corrected chi connectivity index (χ0v) is 11.8. The van der Waals surface area contributed by atoms with E-state index in [1.54, 1.807) is 13.8 Å². The van der Waals surface area contributed by atoms with Crippen LogP contribution >= 0.6 is 0 Å². The van der Waals surface area contributed by atoms with E-state index in [2.05, 4.69) is 10.3 Å². The van der Waals surface area contributed by atoms with Crippen LogP contribution in [0.5, 0.6) is 0 Å². The maximum atomic E-state index is 11.5. The average Bonchev–Trinajstić information content (AvgIpc) is 2.25. The number of hydrogen-bond donors (Lipinski definition) is 3. The number of nitrogen functional groups attached to an aromatic ring is 1. The van der Waals surface area contributed by atoms with Crippen LogP contribution in [0.2, 0.25) is 0 Å². The molecule has 0 saturated carbocycles. The van der Waals surface area contributed by atoms with Crippen LogP contribution in [0.15, 0.2) is 12.3 Å². The molecule has 7 nitrogen and oxygen atoms in total. The standard InChI is InChI=1S/C11H17N3O4S/c1-11(2,19(3,17)18)6-14-9-8(12)4-7(5-13-9)10(15)16/h4-5H,6,12H2,1-3H3,(H,13,14)(H,15,16). The minimum atomic E-state index is -3.23. The smallest absolute Gasteiger partial charge is 0.337 e. The third kappa shape index (κ3) is 3.57. The first-order chi connectivity index (χ1) is 8.54. The van der Waals surface area contributed by atoms with Crippen molar-refractivity contribution in [2.75, 3.05) is 23.9 Å². The molecular weight excluding hydrogens is 270 g/mol. The van der Waals surface area contributed by atoms with Gasteiger partial charge in [-0.2, -0.15) is 0 Å². The average molecular weight is 287 g/mol. The van der Waals surface area contributed by atoms with Crippen LogP contribution in [0.4, 0.5) is 11.5 Å². The molecule has 19 heavy (non-hydrogen) atoms. The number of carbonyl (C=O) groups is 1. The molecule has 0 atom stereocenters. The number of anilines is 2. The monoisotopic (exact) mass is 287 g/mol. The maximum absolute atomic E-state index is 11.5. The first-order valence-electron chi connectivity index (χ1n) is 5.47. The SMILES string of the molecule is CC(C)(CNc1ncc(C(=O)O)cc1N)S(C)(=O)=O. The van der Waals surface area contributed by atoms with E-state index in [9.17, 15) is 13.2 Å². The molecule has 1 aromatic heterocycles. The van der Waals surface area contributed by atoms with Gasteiger partial charge < -0.3 is 16.2 Å². The summed E-state index contributed by atoms with van der Waals surface area (Å²) in [6.45, 7) is 3.28. The van der Waals surface area contributed by atoms with Crippen LogP contribution in [0, 0.1) is 0 Å². The Morgan fingerprint density at radius 3 is 2.53 bits per heavy atom. The van der Waals surface area contributed by atoms with E-state index in [-0.39, 0.29) is 23.6 Å². The second kappa shape index (κ2) is 5.04. The number of nitrogens with zero attached hydrogens (tertiary/aromatic N) is 1. The molecule has 0 aliphatic rings. The van der Waals surface area contributed by atoms with Gasteiger partial charge in [0.15, 0.2) is 9.84 Å². The number of hydrogen-bond acceptors (Lipinski definition) is 6. The van der Waals surface area contributed by atoms with Crippen molar-refractivity contribution in [3.05, 3.63) is 17.8 Å². The van der Waals surface area contributed by atoms with Crippen LogP contribution in [0.25, 0.3) is 0 Å². The molecule has 0 fully saturated rings. The summed E-state index contributed by atoms with van der Waals surface area (Å²) < 4.78 is 22.1. The predicted molar refractivity (Wildman–Crippen MR) is 73.0 cm³/mol. The van der Waals surface area contributed by atoms with Crippen LogP contribution in [0.3, 0.4) is 0 Å². The van der Waals surface area contributed by atoms with E-state index in [0.717, 1.165) is 12.5 Å². The van der Waals surface area contributed by atoms with E-state index in [0.29, 0.717) is 0 Å². The van der Waals surface area contributed by atoms with Crippen LogP contribution in [0.1, 0.15) is 24.2 Å². The molecule has 106 valence electrons. The topological polar surface area (TPSA) is 122 Å². The summed E-state index contributed by atoms with van der Waals surface area (Å²) in [7, 11) is -3.23. The lowest BCUT2D eigenvalue weighted by molar-refractivity contribution is 0.0696. The van der Waals surface area contributed by atoms with E-state index in [1.807, 2.05) is 0 Å². The molecule has 1 rings (SSSR count). The fraction of sp³-hybridized carbons (Fsp3) is 0.455. The molecule has 0 saturated heterocycles. The molecule has 0 radical (unpaired) electrons. The van der Waals surface area contributed by atoms with Gasteiger partial charge in [-0.25, -0.2) is 18.2 Å². The zero-order chi connectivity index (χ0) is 14.8. The second-order valence-electron chi connectivity index (χ2n) is 4.85. The fourth-order valence-corrected chi connectivity index (χ4v) is 1.51. The summed E-state index contributed by atoms with van der Waals surface area (Å²) in [6.07, 6.45) is 2.31. The molecule has 8 heteroatoms. The third-order valence-corrected chi connectivity index (χ3v) is 5.00. The van der Waals surface area contributed by atoms with E-state index in [4.69, 9.17) is 10.8 Å². The normalized spacial score (nSPS) is 12.2. The highest BCUT2D eigenvalue weighted by atomic mass is 32.2. The lowest BCUT2D eigenvalue weighted by atomic mass is 10.2. The van der Waals surface area contributed by atoms with Crippen LogP contribution < -0.4 is 11.1 Å². The van der Waals surface area contributed by atoms with Gasteiger partial charge in [0.1, 0.15) is 5.82 Å². The first kappa shape index (κ1) is 15.2. The Kier molecular flexibility index (Phi) is 4.04. The van der Waals surface area contributed by atoms with Crippen molar-refractivity contribution in [2.24, 2.45) is 0 Å². The van der Waals surface area contributed by atoms with Gasteiger partial charge in [-0.3, -0.25) is 0 Å². The molecular formula is C11H17N3O4S. The Bertz CT molecular complexity index is 596. The molecule has 0 aliphatic heterocycles. The number of sulfone groups is 1. The molecule has 1 heterocycles. The Morgan fingerprint density at radius 1 is 1.53 bits per heavy atom. The summed E-state index contributed by atoms with van der Waals surface area (Å²) in [5.74, 6) is -0.857. The summed E-state index contributed by atoms with van der Waals surface area (Å²) in [5, 5.41) is 11.6. The lowest BCUT2D eigenvalue weighted by Crippen LogP contribution is -2.38. The molecule has 4 N–H and O–H groups in total. The molecule has 0 aliphatic carbocycles. The van der Waals surface area contributed by atoms with Gasteiger partial charge >= 0.3 is 5.97 Å². The Labute approximate surface area is 111 Å². The highest BCUT2D eigenvalue weighted by Gasteiger charge is 2.30. The number of pyridine rings is 1. The maximum Gasteiger partial charge on any atom is 0.337 e. The number of carboxylic acid groups (broad SMARTS) is 1. The van der Waals surface area contributed by atoms with Gasteiger partial charge in [0.05, 0.1) is 16.0 Å². The Morgan fingerprint density at radius 2 is 2.11 bits per heavy atom. The lowest BCUT2D eigenvalue weighted by Gasteiger charge is -2.23. The molecule has 0 amide bonds. The highest BCUT2D eigenvalue weighted by molar-refractivity contribution is 7.92. The minimum Gasteiger partial charge on any atom is -0.478 e. The van der Waals surface area contributed by atoms with Crippen molar-refractivity contribution >= 4 is 27.3 Å². The number of aromatic nitrogens is 1. The quantitative estimate of drug-likeness (QED) is 0.724. The number of rotatable bonds is 5. The summed E-state index contributed by atoms with van der Waals surface area (Å²) in [4.78, 5) is 14.6. The third-order valence-electron chi connectivity index (χ3n) is 2.85. The molecule has 1 aromatic rings. The predicted octanol–water partition coefficient (Wildman–Crippen LogP) is 0.597. The number of carboxylic acids is 1. The van der Waals surface area contributed by atoms with Gasteiger partial charge in [0.2, 0.25) is 0 Å². The fourth-order valence-electron chi connectivity index (χ4n) is 1.17. The molecule has 0 unspecified atom stereocenters. The van der Waals surface area contributed by atoms with Crippen molar-refractivity contribution in [3.63, 3.8) is 0 Å². The van der Waals surface area contributed by atoms with Crippen molar-refractivity contribution in [1.29, 1.82) is 0 Å². The number of nitrogens with two attached hydrogens (primary N) is 1. The van der Waals surface area contributed by atoms with Gasteiger partial charge in [-0.15, -0.1) is 0 Å². The highest BCUT2D eigenvalue weighted by Crippen LogP contribution is 2.20. The van der Waals surface area contributed by atoms with Crippen molar-refractivity contribution < 1.29 is 18.3 Å². The zero-order valence-electron chi connectivity index (χ0n) is 11.0. The van der Waals surface area contributed by atoms with Gasteiger partial charge in [0, 0.05) is 19.0 Å². The van der Waals surface area contributed by atoms with Gasteiger partial charge in [-0.05, 0) is 19.9 Å². The summed E-state index contributed by atoms with van der Waals surface area (Å²) in [6, 6.07) is 1.27. The van der Waals surface area contributed by atoms with E-state index >= 15 is 0 Å². The Balaban J connectivity index is 2.88. The summed E-state index contributed by atoms with van der Waals surface area (Å²) >= 11 is 0. The van der Waals surface area contributed by atoms with Crippen LogP contribution in [-0.2, 0) is 9.84 Å². The molecule has 0 aromatic carbocycles. The van der Waals surface area contributed by atoms with Gasteiger partial charge in [0.25, 0.3) is 0 Å². The van der Waals surface area contributed by atoms with Crippen molar-refractivity contribution in [1.82, 2.24) is 4.98 Å². The first-order valence-corrected chi connectivity index (χ1v) is 7.36. The largest absolute Gasteiger partial charge is 0.478 e.